The fourth-order valence-corrected chi connectivity index (χ4v) is 4.51. The fourth-order valence-electron chi connectivity index (χ4n) is 4.51. The molecule has 3 aliphatic rings. The summed E-state index contributed by atoms with van der Waals surface area (Å²) in [6, 6.07) is 4.26. The lowest BCUT2D eigenvalue weighted by Crippen LogP contribution is -2.47. The lowest BCUT2D eigenvalue weighted by atomic mass is 9.53. The number of hydrogen-bond acceptors (Lipinski definition) is 4. The summed E-state index contributed by atoms with van der Waals surface area (Å²) < 4.78 is 45.3. The highest BCUT2D eigenvalue weighted by molar-refractivity contribution is 5.57. The zero-order valence-corrected chi connectivity index (χ0v) is 15.6. The van der Waals surface area contributed by atoms with Crippen LogP contribution in [0.15, 0.2) is 22.7 Å². The number of halogens is 3. The molecule has 0 radical (unpaired) electrons. The van der Waals surface area contributed by atoms with E-state index in [1.165, 1.54) is 12.1 Å². The number of alkyl halides is 2. The van der Waals surface area contributed by atoms with Gasteiger partial charge in [0.05, 0.1) is 6.57 Å². The van der Waals surface area contributed by atoms with Crippen LogP contribution in [-0.4, -0.2) is 16.7 Å². The molecule has 148 valence electrons. The minimum Gasteiger partial charge on any atom is -0.385 e. The maximum Gasteiger partial charge on any atom is 0.322 e. The third-order valence-corrected chi connectivity index (χ3v) is 6.36. The second-order valence-electron chi connectivity index (χ2n) is 8.26. The molecule has 0 aliphatic heterocycles. The van der Waals surface area contributed by atoms with Gasteiger partial charge in [0.15, 0.2) is 11.5 Å². The van der Waals surface area contributed by atoms with Gasteiger partial charge in [-0.2, -0.15) is 13.8 Å². The third-order valence-electron chi connectivity index (χ3n) is 6.36. The zero-order valence-electron chi connectivity index (χ0n) is 15.6. The van der Waals surface area contributed by atoms with E-state index in [0.29, 0.717) is 18.1 Å². The van der Waals surface area contributed by atoms with E-state index in [2.05, 4.69) is 20.3 Å². The Balaban J connectivity index is 1.44. The molecule has 1 aromatic heterocycles. The van der Waals surface area contributed by atoms with Crippen LogP contribution in [0.25, 0.3) is 4.85 Å². The van der Waals surface area contributed by atoms with Crippen molar-refractivity contribution in [2.45, 2.75) is 56.8 Å². The summed E-state index contributed by atoms with van der Waals surface area (Å²) in [6.45, 7) is 8.50. The largest absolute Gasteiger partial charge is 0.385 e. The Morgan fingerprint density at radius 1 is 1.18 bits per heavy atom. The molecule has 0 spiro atoms. The molecule has 0 saturated heterocycles. The minimum atomic E-state index is -3.13. The molecule has 3 aliphatic carbocycles. The predicted molar refractivity (Wildman–Crippen MR) is 96.8 cm³/mol. The normalized spacial score (nSPS) is 26.8. The molecule has 1 aromatic carbocycles. The highest BCUT2D eigenvalue weighted by atomic mass is 19.3. The fraction of sp³-hybridized carbons (Fsp3) is 0.550. The Labute approximate surface area is 161 Å². The molecule has 28 heavy (non-hydrogen) atoms. The van der Waals surface area contributed by atoms with Gasteiger partial charge >= 0.3 is 5.92 Å². The second-order valence-corrected chi connectivity index (χ2v) is 8.26. The molecule has 1 heterocycles. The maximum absolute atomic E-state index is 13.6. The molecular formula is C20H21F3N4O. The summed E-state index contributed by atoms with van der Waals surface area (Å²) in [5.74, 6) is -3.78. The van der Waals surface area contributed by atoms with Crippen LogP contribution in [0.1, 0.15) is 57.2 Å². The summed E-state index contributed by atoms with van der Waals surface area (Å²) in [6.07, 6.45) is 5.20. The van der Waals surface area contributed by atoms with Crippen molar-refractivity contribution in [2.24, 2.45) is 5.41 Å². The number of nitrogens with zero attached hydrogens (tertiary/aromatic N) is 3. The molecule has 5 rings (SSSR count). The summed E-state index contributed by atoms with van der Waals surface area (Å²) in [5.41, 5.74) is 0.668. The van der Waals surface area contributed by atoms with Gasteiger partial charge in [0.1, 0.15) is 5.82 Å². The average molecular weight is 390 g/mol. The Kier molecular flexibility index (Phi) is 4.36. The van der Waals surface area contributed by atoms with Crippen LogP contribution < -0.4 is 5.32 Å². The number of aromatic nitrogens is 2. The van der Waals surface area contributed by atoms with E-state index in [0.717, 1.165) is 45.4 Å². The quantitative estimate of drug-likeness (QED) is 0.678. The molecule has 3 saturated carbocycles. The molecular weight excluding hydrogens is 369 g/mol. The van der Waals surface area contributed by atoms with Crippen molar-refractivity contribution in [3.63, 3.8) is 0 Å². The van der Waals surface area contributed by atoms with Crippen LogP contribution in [0.5, 0.6) is 0 Å². The monoisotopic (exact) mass is 390 g/mol. The maximum atomic E-state index is 13.6. The molecule has 3 fully saturated rings. The van der Waals surface area contributed by atoms with Gasteiger partial charge in [-0.25, -0.2) is 9.24 Å². The van der Waals surface area contributed by atoms with Gasteiger partial charge in [-0.15, -0.1) is 0 Å². The summed E-state index contributed by atoms with van der Waals surface area (Å²) >= 11 is 0. The van der Waals surface area contributed by atoms with Crippen molar-refractivity contribution in [1.29, 1.82) is 0 Å². The van der Waals surface area contributed by atoms with E-state index in [9.17, 15) is 13.2 Å². The minimum absolute atomic E-state index is 0.0770. The van der Waals surface area contributed by atoms with Crippen molar-refractivity contribution < 1.29 is 17.7 Å². The first-order valence-electron chi connectivity index (χ1n) is 9.38. The second kappa shape index (κ2) is 6.50. The van der Waals surface area contributed by atoms with E-state index in [1.807, 2.05) is 0 Å². The Hall–Kier alpha value is -2.56. The van der Waals surface area contributed by atoms with Crippen LogP contribution in [-0.2, 0) is 11.3 Å². The molecule has 0 atom stereocenters. The summed E-state index contributed by atoms with van der Waals surface area (Å²) in [7, 11) is 0. The van der Waals surface area contributed by atoms with Gasteiger partial charge in [-0.05, 0) is 62.1 Å². The number of nitrogens with one attached hydrogen (secondary N) is 1. The first-order valence-corrected chi connectivity index (χ1v) is 9.38. The molecule has 0 amide bonds. The number of rotatable bonds is 5. The van der Waals surface area contributed by atoms with E-state index in [1.54, 1.807) is 6.07 Å². The Morgan fingerprint density at radius 3 is 2.43 bits per heavy atom. The molecule has 5 nitrogen and oxygen atoms in total. The standard InChI is InChI=1S/C20H21F3N4O/c1-18(22,23)17-26-16(27-28-17)20-6-3-19(4-7-20,5-8-20)12-25-15-10-13(21)9-14(11-15)24-2/h9-11,25H,3-8,12H2,1H3. The van der Waals surface area contributed by atoms with Gasteiger partial charge in [-0.3, -0.25) is 0 Å². The smallest absolute Gasteiger partial charge is 0.322 e. The molecule has 2 aromatic rings. The average Bonchev–Trinajstić information content (AvgIpc) is 3.19. The van der Waals surface area contributed by atoms with Crippen LogP contribution in [0.2, 0.25) is 0 Å². The first-order chi connectivity index (χ1) is 13.2. The van der Waals surface area contributed by atoms with Crippen LogP contribution in [0, 0.1) is 17.8 Å². The molecule has 1 N–H and O–H groups in total. The lowest BCUT2D eigenvalue weighted by Gasteiger charge is -2.52. The number of anilines is 1. The zero-order chi connectivity index (χ0) is 20.0. The van der Waals surface area contributed by atoms with Gasteiger partial charge in [0.2, 0.25) is 0 Å². The number of hydrogen-bond donors (Lipinski definition) is 1. The molecule has 0 unspecified atom stereocenters. The van der Waals surface area contributed by atoms with Crippen molar-refractivity contribution in [3.8, 4) is 0 Å². The summed E-state index contributed by atoms with van der Waals surface area (Å²) in [4.78, 5) is 7.29. The number of fused-ring (bicyclic) bond motifs is 3. The van der Waals surface area contributed by atoms with Crippen molar-refractivity contribution in [3.05, 3.63) is 47.1 Å². The highest BCUT2D eigenvalue weighted by Gasteiger charge is 2.52. The van der Waals surface area contributed by atoms with Gasteiger partial charge in [0, 0.05) is 24.6 Å². The van der Waals surface area contributed by atoms with E-state index in [4.69, 9.17) is 11.1 Å². The van der Waals surface area contributed by atoms with Gasteiger partial charge in [-0.1, -0.05) is 5.16 Å². The molecule has 2 bridgehead atoms. The Morgan fingerprint density at radius 2 is 1.86 bits per heavy atom. The van der Waals surface area contributed by atoms with Crippen LogP contribution in [0.4, 0.5) is 24.5 Å². The van der Waals surface area contributed by atoms with E-state index in [-0.39, 0.29) is 16.5 Å². The predicted octanol–water partition coefficient (Wildman–Crippen LogP) is 5.58. The first kappa shape index (κ1) is 18.8. The van der Waals surface area contributed by atoms with E-state index < -0.39 is 17.6 Å². The van der Waals surface area contributed by atoms with Gasteiger partial charge < -0.3 is 9.84 Å². The summed E-state index contributed by atoms with van der Waals surface area (Å²) in [5, 5.41) is 7.16. The highest BCUT2D eigenvalue weighted by Crippen LogP contribution is 2.57. The van der Waals surface area contributed by atoms with Gasteiger partial charge in [0.25, 0.3) is 5.89 Å². The van der Waals surface area contributed by atoms with Crippen molar-refractivity contribution in [1.82, 2.24) is 10.1 Å². The Bertz CT molecular complexity index is 904. The van der Waals surface area contributed by atoms with Crippen molar-refractivity contribution >= 4 is 11.4 Å². The SMILES string of the molecule is [C-]#[N+]c1cc(F)cc(NCC23CCC(c4noc(C(C)(F)F)n4)(CC2)CC3)c1. The topological polar surface area (TPSA) is 55.3 Å². The lowest BCUT2D eigenvalue weighted by molar-refractivity contribution is -0.0158. The van der Waals surface area contributed by atoms with E-state index >= 15 is 0 Å². The van der Waals surface area contributed by atoms with Crippen molar-refractivity contribution in [2.75, 3.05) is 11.9 Å². The third kappa shape index (κ3) is 3.34. The number of benzene rings is 1. The van der Waals surface area contributed by atoms with Crippen LogP contribution >= 0.6 is 0 Å². The molecule has 8 heteroatoms. The van der Waals surface area contributed by atoms with Crippen LogP contribution in [0.3, 0.4) is 0 Å².